The minimum absolute atomic E-state index is 0.00221. The number of nitrogens with one attached hydrogen (secondary N) is 3. The number of ether oxygens (including phenoxy) is 1. The molecule has 35 heavy (non-hydrogen) atoms. The number of aliphatic carboxylic acids is 1. The van der Waals surface area contributed by atoms with Gasteiger partial charge in [-0.25, -0.2) is 4.79 Å². The highest BCUT2D eigenvalue weighted by atomic mass is 16.5. The van der Waals surface area contributed by atoms with Gasteiger partial charge < -0.3 is 30.7 Å². The first-order valence-electron chi connectivity index (χ1n) is 11.3. The number of benzene rings is 2. The Kier molecular flexibility index (Phi) is 10.5. The van der Waals surface area contributed by atoms with Crippen molar-refractivity contribution in [1.29, 1.82) is 0 Å². The van der Waals surface area contributed by atoms with E-state index < -0.39 is 12.0 Å². The Bertz CT molecular complexity index is 1060. The predicted octanol–water partition coefficient (Wildman–Crippen LogP) is 3.02. The number of hydrogen-bond donors (Lipinski definition) is 4. The van der Waals surface area contributed by atoms with Gasteiger partial charge in [0, 0.05) is 18.8 Å². The lowest BCUT2D eigenvalue weighted by Gasteiger charge is -2.21. The first-order chi connectivity index (χ1) is 16.7. The summed E-state index contributed by atoms with van der Waals surface area (Å²) < 4.78 is 5.36. The third-order valence-electron chi connectivity index (χ3n) is 5.15. The van der Waals surface area contributed by atoms with Crippen molar-refractivity contribution in [3.63, 3.8) is 0 Å². The zero-order valence-corrected chi connectivity index (χ0v) is 20.2. The summed E-state index contributed by atoms with van der Waals surface area (Å²) >= 11 is 0. The van der Waals surface area contributed by atoms with Gasteiger partial charge in [0.15, 0.2) is 0 Å². The fraction of sp³-hybridized carbons (Fsp3) is 0.360. The average molecular weight is 485 g/mol. The fourth-order valence-electron chi connectivity index (χ4n) is 3.33. The maximum atomic E-state index is 12.4. The number of carboxylic acids is 1. The molecule has 0 radical (unpaired) electrons. The molecule has 0 aliphatic heterocycles. The van der Waals surface area contributed by atoms with Crippen LogP contribution >= 0.6 is 0 Å². The molecule has 0 aliphatic rings. The van der Waals surface area contributed by atoms with Gasteiger partial charge in [-0.05, 0) is 42.7 Å². The number of rotatable bonds is 12. The standard InChI is InChI=1S/C25H32N4O6/c1-4-12-29(13-11-24(32)33)23(31)16-26-22(30)15-18-9-10-20(21(14-18)35-3)28-25(34)27-19-8-6-5-7-17(19)2/h5-10,14H,4,11-13,15-16H2,1-3H3,(H,26,30)(H,32,33)(H2,27,28,34). The number of amides is 4. The second-order valence-electron chi connectivity index (χ2n) is 7.91. The number of aryl methyl sites for hydroxylation is 1. The molecule has 0 saturated carbocycles. The van der Waals surface area contributed by atoms with Crippen LogP contribution in [0.2, 0.25) is 0 Å². The molecule has 188 valence electrons. The molecule has 4 N–H and O–H groups in total. The van der Waals surface area contributed by atoms with Crippen LogP contribution in [0, 0.1) is 6.92 Å². The van der Waals surface area contributed by atoms with Crippen LogP contribution in [0.15, 0.2) is 42.5 Å². The topological polar surface area (TPSA) is 137 Å². The van der Waals surface area contributed by atoms with Crippen molar-refractivity contribution in [3.05, 3.63) is 53.6 Å². The molecule has 0 aliphatic carbocycles. The van der Waals surface area contributed by atoms with Gasteiger partial charge in [0.25, 0.3) is 0 Å². The van der Waals surface area contributed by atoms with Gasteiger partial charge in [0.1, 0.15) is 5.75 Å². The molecular weight excluding hydrogens is 452 g/mol. The van der Waals surface area contributed by atoms with Crippen LogP contribution in [0.3, 0.4) is 0 Å². The van der Waals surface area contributed by atoms with Gasteiger partial charge >= 0.3 is 12.0 Å². The van der Waals surface area contributed by atoms with E-state index in [1.165, 1.54) is 12.0 Å². The Morgan fingerprint density at radius 2 is 1.71 bits per heavy atom. The van der Waals surface area contributed by atoms with Gasteiger partial charge in [-0.15, -0.1) is 0 Å². The van der Waals surface area contributed by atoms with Crippen LogP contribution in [-0.2, 0) is 20.8 Å². The van der Waals surface area contributed by atoms with Crippen LogP contribution in [0.4, 0.5) is 16.2 Å². The van der Waals surface area contributed by atoms with Crippen molar-refractivity contribution in [2.45, 2.75) is 33.1 Å². The van der Waals surface area contributed by atoms with Crippen molar-refractivity contribution >= 4 is 35.2 Å². The number of para-hydroxylation sites is 1. The summed E-state index contributed by atoms with van der Waals surface area (Å²) in [5, 5.41) is 16.9. The first kappa shape index (κ1) is 27.2. The largest absolute Gasteiger partial charge is 0.495 e. The third-order valence-corrected chi connectivity index (χ3v) is 5.15. The summed E-state index contributed by atoms with van der Waals surface area (Å²) in [7, 11) is 1.46. The van der Waals surface area contributed by atoms with E-state index in [1.807, 2.05) is 32.0 Å². The molecule has 0 saturated heterocycles. The number of carboxylic acid groups (broad SMARTS) is 1. The zero-order valence-electron chi connectivity index (χ0n) is 20.2. The SMILES string of the molecule is CCCN(CCC(=O)O)C(=O)CNC(=O)Cc1ccc(NC(=O)Nc2ccccc2C)c(OC)c1. The Balaban J connectivity index is 1.93. The lowest BCUT2D eigenvalue weighted by Crippen LogP contribution is -2.41. The van der Waals surface area contributed by atoms with E-state index in [0.29, 0.717) is 35.7 Å². The Labute approximate surface area is 204 Å². The van der Waals surface area contributed by atoms with Gasteiger partial charge in [-0.2, -0.15) is 0 Å². The fourth-order valence-corrected chi connectivity index (χ4v) is 3.33. The maximum absolute atomic E-state index is 12.4. The van der Waals surface area contributed by atoms with Crippen molar-refractivity contribution in [2.75, 3.05) is 37.4 Å². The van der Waals surface area contributed by atoms with Gasteiger partial charge in [0.2, 0.25) is 11.8 Å². The average Bonchev–Trinajstić information content (AvgIpc) is 2.82. The molecule has 4 amide bonds. The van der Waals surface area contributed by atoms with Crippen LogP contribution < -0.4 is 20.7 Å². The number of anilines is 2. The number of carbonyl (C=O) groups excluding carboxylic acids is 3. The van der Waals surface area contributed by atoms with E-state index in [0.717, 1.165) is 5.56 Å². The second kappa shape index (κ2) is 13.6. The quantitative estimate of drug-likeness (QED) is 0.366. The molecule has 2 aromatic carbocycles. The molecule has 0 unspecified atom stereocenters. The molecule has 0 aromatic heterocycles. The Morgan fingerprint density at radius 3 is 2.37 bits per heavy atom. The summed E-state index contributed by atoms with van der Waals surface area (Å²) in [6.07, 6.45) is 0.535. The van der Waals surface area contributed by atoms with Crippen LogP contribution in [-0.4, -0.2) is 60.6 Å². The van der Waals surface area contributed by atoms with Gasteiger partial charge in [0.05, 0.1) is 32.2 Å². The van der Waals surface area contributed by atoms with E-state index >= 15 is 0 Å². The highest BCUT2D eigenvalue weighted by molar-refractivity contribution is 6.01. The number of carbonyl (C=O) groups is 4. The maximum Gasteiger partial charge on any atom is 0.323 e. The normalized spacial score (nSPS) is 10.3. The van der Waals surface area contributed by atoms with Crippen molar-refractivity contribution in [1.82, 2.24) is 10.2 Å². The smallest absolute Gasteiger partial charge is 0.323 e. The monoisotopic (exact) mass is 484 g/mol. The molecule has 0 spiro atoms. The van der Waals surface area contributed by atoms with Crippen LogP contribution in [0.25, 0.3) is 0 Å². The summed E-state index contributed by atoms with van der Waals surface area (Å²) in [6.45, 7) is 4.08. The van der Waals surface area contributed by atoms with E-state index in [9.17, 15) is 19.2 Å². The van der Waals surface area contributed by atoms with Crippen LogP contribution in [0.5, 0.6) is 5.75 Å². The molecule has 10 nitrogen and oxygen atoms in total. The minimum Gasteiger partial charge on any atom is -0.495 e. The molecule has 2 rings (SSSR count). The molecule has 0 bridgehead atoms. The molecule has 0 atom stereocenters. The number of methoxy groups -OCH3 is 1. The number of urea groups is 1. The highest BCUT2D eigenvalue weighted by Crippen LogP contribution is 2.26. The number of nitrogens with zero attached hydrogens (tertiary/aromatic N) is 1. The van der Waals surface area contributed by atoms with Crippen LogP contribution in [0.1, 0.15) is 30.9 Å². The van der Waals surface area contributed by atoms with E-state index in [2.05, 4.69) is 16.0 Å². The second-order valence-corrected chi connectivity index (χ2v) is 7.91. The predicted molar refractivity (Wildman–Crippen MR) is 133 cm³/mol. The van der Waals surface area contributed by atoms with E-state index in [1.54, 1.807) is 24.3 Å². The zero-order chi connectivity index (χ0) is 25.8. The Hall–Kier alpha value is -4.08. The molecule has 2 aromatic rings. The minimum atomic E-state index is -0.984. The Morgan fingerprint density at radius 1 is 1.00 bits per heavy atom. The van der Waals surface area contributed by atoms with Crippen molar-refractivity contribution in [3.8, 4) is 5.75 Å². The summed E-state index contributed by atoms with van der Waals surface area (Å²) in [5.74, 6) is -1.30. The number of hydrogen-bond acceptors (Lipinski definition) is 5. The summed E-state index contributed by atoms with van der Waals surface area (Å²) in [6, 6.07) is 11.9. The third kappa shape index (κ3) is 9.00. The van der Waals surface area contributed by atoms with Crippen molar-refractivity contribution < 1.29 is 29.0 Å². The highest BCUT2D eigenvalue weighted by Gasteiger charge is 2.16. The molecule has 0 fully saturated rings. The van der Waals surface area contributed by atoms with E-state index in [-0.39, 0.29) is 37.7 Å². The molecule has 0 heterocycles. The first-order valence-corrected chi connectivity index (χ1v) is 11.3. The lowest BCUT2D eigenvalue weighted by atomic mass is 10.1. The molecular formula is C25H32N4O6. The summed E-state index contributed by atoms with van der Waals surface area (Å²) in [5.41, 5.74) is 2.68. The van der Waals surface area contributed by atoms with Gasteiger partial charge in [-0.1, -0.05) is 31.2 Å². The van der Waals surface area contributed by atoms with Gasteiger partial charge in [-0.3, -0.25) is 14.4 Å². The van der Waals surface area contributed by atoms with E-state index in [4.69, 9.17) is 9.84 Å². The molecule has 10 heteroatoms. The summed E-state index contributed by atoms with van der Waals surface area (Å²) in [4.78, 5) is 49.3. The van der Waals surface area contributed by atoms with Crippen molar-refractivity contribution in [2.24, 2.45) is 0 Å². The lowest BCUT2D eigenvalue weighted by molar-refractivity contribution is -0.139.